The minimum atomic E-state index is -0.712. The second kappa shape index (κ2) is 11.6. The highest BCUT2D eigenvalue weighted by molar-refractivity contribution is 6.46. The molecular formula is C28H34N2O6. The first kappa shape index (κ1) is 25.7. The highest BCUT2D eigenvalue weighted by atomic mass is 16.5. The third-order valence-electron chi connectivity index (χ3n) is 6.43. The van der Waals surface area contributed by atoms with Gasteiger partial charge in [-0.05, 0) is 62.2 Å². The van der Waals surface area contributed by atoms with Gasteiger partial charge in [0.15, 0.2) is 0 Å². The number of aliphatic hydroxyl groups excluding tert-OH is 1. The van der Waals surface area contributed by atoms with E-state index in [0.29, 0.717) is 48.8 Å². The van der Waals surface area contributed by atoms with E-state index in [-0.39, 0.29) is 17.4 Å². The molecule has 1 amide bonds. The molecule has 2 aromatic carbocycles. The number of hydrogen-bond acceptors (Lipinski definition) is 7. The van der Waals surface area contributed by atoms with Crippen LogP contribution in [-0.4, -0.2) is 79.2 Å². The van der Waals surface area contributed by atoms with Crippen LogP contribution in [0, 0.1) is 0 Å². The second-order valence-corrected chi connectivity index (χ2v) is 9.27. The van der Waals surface area contributed by atoms with Crippen LogP contribution in [0.25, 0.3) is 5.76 Å². The number of rotatable bonds is 9. The Morgan fingerprint density at radius 3 is 2.44 bits per heavy atom. The Morgan fingerprint density at radius 1 is 1.06 bits per heavy atom. The van der Waals surface area contributed by atoms with Crippen molar-refractivity contribution in [3.05, 3.63) is 65.2 Å². The van der Waals surface area contributed by atoms with E-state index in [1.54, 1.807) is 42.3 Å². The fourth-order valence-corrected chi connectivity index (χ4v) is 4.68. The first-order valence-electron chi connectivity index (χ1n) is 12.4. The zero-order chi connectivity index (χ0) is 25.7. The van der Waals surface area contributed by atoms with Crippen molar-refractivity contribution in [3.63, 3.8) is 0 Å². The number of benzene rings is 2. The molecule has 0 aromatic heterocycles. The van der Waals surface area contributed by atoms with Crippen molar-refractivity contribution in [3.8, 4) is 11.5 Å². The molecule has 2 saturated heterocycles. The van der Waals surface area contributed by atoms with Crippen molar-refractivity contribution >= 4 is 17.4 Å². The number of amides is 1. The molecule has 0 bridgehead atoms. The SMILES string of the molecule is COc1cccc(C2/C(=C(\O)c3ccc(OC(C)C)cc3)C(=O)C(=O)N2CCCN2CCOCC2)c1. The van der Waals surface area contributed by atoms with Gasteiger partial charge in [-0.3, -0.25) is 14.5 Å². The fraction of sp³-hybridized carbons (Fsp3) is 0.429. The van der Waals surface area contributed by atoms with Crippen LogP contribution in [0.4, 0.5) is 0 Å². The lowest BCUT2D eigenvalue weighted by molar-refractivity contribution is -0.140. The monoisotopic (exact) mass is 494 g/mol. The minimum absolute atomic E-state index is 0.0142. The van der Waals surface area contributed by atoms with Crippen LogP contribution in [0.15, 0.2) is 54.1 Å². The summed E-state index contributed by atoms with van der Waals surface area (Å²) < 4.78 is 16.5. The number of carbonyl (C=O) groups is 2. The maximum atomic E-state index is 13.3. The largest absolute Gasteiger partial charge is 0.507 e. The summed E-state index contributed by atoms with van der Waals surface area (Å²) in [5.74, 6) is -0.218. The Balaban J connectivity index is 1.66. The highest BCUT2D eigenvalue weighted by Crippen LogP contribution is 2.40. The molecule has 8 nitrogen and oxygen atoms in total. The van der Waals surface area contributed by atoms with Crippen LogP contribution >= 0.6 is 0 Å². The molecule has 2 fully saturated rings. The average molecular weight is 495 g/mol. The number of Topliss-reactive ketones (excluding diaryl/α,β-unsaturated/α-hetero) is 1. The number of morpholine rings is 1. The average Bonchev–Trinajstić information content (AvgIpc) is 3.14. The van der Waals surface area contributed by atoms with Gasteiger partial charge >= 0.3 is 0 Å². The van der Waals surface area contributed by atoms with Crippen LogP contribution < -0.4 is 9.47 Å². The van der Waals surface area contributed by atoms with Gasteiger partial charge in [0.25, 0.3) is 11.7 Å². The summed E-state index contributed by atoms with van der Waals surface area (Å²) in [6.45, 7) is 8.18. The third-order valence-corrected chi connectivity index (χ3v) is 6.43. The maximum absolute atomic E-state index is 13.3. The number of likely N-dealkylation sites (tertiary alicyclic amines) is 1. The molecule has 8 heteroatoms. The summed E-state index contributed by atoms with van der Waals surface area (Å²) in [4.78, 5) is 30.3. The fourth-order valence-electron chi connectivity index (χ4n) is 4.68. The molecule has 0 aliphatic carbocycles. The second-order valence-electron chi connectivity index (χ2n) is 9.27. The van der Waals surface area contributed by atoms with Gasteiger partial charge in [-0.25, -0.2) is 0 Å². The van der Waals surface area contributed by atoms with E-state index >= 15 is 0 Å². The molecule has 4 rings (SSSR count). The Morgan fingerprint density at radius 2 is 1.78 bits per heavy atom. The molecule has 1 N–H and O–H groups in total. The maximum Gasteiger partial charge on any atom is 0.295 e. The summed E-state index contributed by atoms with van der Waals surface area (Å²) in [5, 5.41) is 11.3. The van der Waals surface area contributed by atoms with E-state index in [2.05, 4.69) is 4.90 Å². The molecule has 0 saturated carbocycles. The van der Waals surface area contributed by atoms with Crippen molar-refractivity contribution < 1.29 is 28.9 Å². The number of ether oxygens (including phenoxy) is 3. The van der Waals surface area contributed by atoms with Gasteiger partial charge in [-0.15, -0.1) is 0 Å². The number of ketones is 1. The third kappa shape index (κ3) is 5.71. The van der Waals surface area contributed by atoms with E-state index in [4.69, 9.17) is 14.2 Å². The van der Waals surface area contributed by atoms with Crippen LogP contribution in [0.3, 0.4) is 0 Å². The normalized spacial score (nSPS) is 20.2. The molecular weight excluding hydrogens is 460 g/mol. The summed E-state index contributed by atoms with van der Waals surface area (Å²) >= 11 is 0. The zero-order valence-corrected chi connectivity index (χ0v) is 21.1. The molecule has 2 aliphatic rings. The molecule has 36 heavy (non-hydrogen) atoms. The zero-order valence-electron chi connectivity index (χ0n) is 21.1. The minimum Gasteiger partial charge on any atom is -0.507 e. The molecule has 1 atom stereocenters. The highest BCUT2D eigenvalue weighted by Gasteiger charge is 2.46. The van der Waals surface area contributed by atoms with E-state index < -0.39 is 17.7 Å². The van der Waals surface area contributed by atoms with Gasteiger partial charge in [-0.2, -0.15) is 0 Å². The lowest BCUT2D eigenvalue weighted by atomic mass is 9.95. The molecule has 1 unspecified atom stereocenters. The Hall–Kier alpha value is -3.36. The summed E-state index contributed by atoms with van der Waals surface area (Å²) in [6, 6.07) is 13.4. The van der Waals surface area contributed by atoms with Gasteiger partial charge in [-0.1, -0.05) is 12.1 Å². The van der Waals surface area contributed by atoms with Gasteiger partial charge in [0.1, 0.15) is 17.3 Å². The van der Waals surface area contributed by atoms with Crippen molar-refractivity contribution in [1.82, 2.24) is 9.80 Å². The summed E-state index contributed by atoms with van der Waals surface area (Å²) in [6.07, 6.45) is 0.717. The quantitative estimate of drug-likeness (QED) is 0.324. The lowest BCUT2D eigenvalue weighted by Crippen LogP contribution is -2.38. The standard InChI is InChI=1S/C28H34N2O6/c1-19(2)36-22-10-8-20(9-11-22)26(31)24-25(21-6-4-7-23(18-21)34-3)30(28(33)27(24)32)13-5-12-29-14-16-35-17-15-29/h4,6-11,18-19,25,31H,5,12-17H2,1-3H3/b26-24+. The Labute approximate surface area is 212 Å². The molecule has 2 aromatic rings. The molecule has 2 heterocycles. The summed E-state index contributed by atoms with van der Waals surface area (Å²) in [5.41, 5.74) is 1.24. The smallest absolute Gasteiger partial charge is 0.295 e. The van der Waals surface area contributed by atoms with E-state index in [0.717, 1.165) is 19.6 Å². The predicted octanol–water partition coefficient (Wildman–Crippen LogP) is 3.63. The van der Waals surface area contributed by atoms with Crippen LogP contribution in [-0.2, 0) is 14.3 Å². The van der Waals surface area contributed by atoms with Crippen LogP contribution in [0.1, 0.15) is 37.4 Å². The summed E-state index contributed by atoms with van der Waals surface area (Å²) in [7, 11) is 1.57. The van der Waals surface area contributed by atoms with Gasteiger partial charge in [0.05, 0.1) is 38.0 Å². The molecule has 2 aliphatic heterocycles. The predicted molar refractivity (Wildman–Crippen MR) is 136 cm³/mol. The molecule has 0 radical (unpaired) electrons. The van der Waals surface area contributed by atoms with E-state index in [9.17, 15) is 14.7 Å². The number of methoxy groups -OCH3 is 1. The van der Waals surface area contributed by atoms with Gasteiger partial charge in [0.2, 0.25) is 0 Å². The first-order chi connectivity index (χ1) is 17.4. The van der Waals surface area contributed by atoms with E-state index in [1.165, 1.54) is 0 Å². The van der Waals surface area contributed by atoms with Crippen molar-refractivity contribution in [2.75, 3.05) is 46.5 Å². The number of aliphatic hydroxyl groups is 1. The van der Waals surface area contributed by atoms with Crippen LogP contribution in [0.5, 0.6) is 11.5 Å². The number of nitrogens with zero attached hydrogens (tertiary/aromatic N) is 2. The van der Waals surface area contributed by atoms with Gasteiger partial charge in [0, 0.05) is 31.7 Å². The number of hydrogen-bond donors (Lipinski definition) is 1. The topological polar surface area (TPSA) is 88.5 Å². The lowest BCUT2D eigenvalue weighted by Gasteiger charge is -2.29. The first-order valence-corrected chi connectivity index (χ1v) is 12.4. The van der Waals surface area contributed by atoms with E-state index in [1.807, 2.05) is 32.0 Å². The molecule has 192 valence electrons. The van der Waals surface area contributed by atoms with Crippen molar-refractivity contribution in [2.24, 2.45) is 0 Å². The number of carbonyl (C=O) groups excluding carboxylic acids is 2. The molecule has 0 spiro atoms. The Bertz CT molecular complexity index is 1110. The Kier molecular flexibility index (Phi) is 8.28. The van der Waals surface area contributed by atoms with Crippen molar-refractivity contribution in [2.45, 2.75) is 32.4 Å². The van der Waals surface area contributed by atoms with Gasteiger partial charge < -0.3 is 24.2 Å². The van der Waals surface area contributed by atoms with Crippen LogP contribution in [0.2, 0.25) is 0 Å². The van der Waals surface area contributed by atoms with Crippen molar-refractivity contribution in [1.29, 1.82) is 0 Å².